The highest BCUT2D eigenvalue weighted by Crippen LogP contribution is 2.47. The molecule has 70 valence electrons. The van der Waals surface area contributed by atoms with Gasteiger partial charge in [0.05, 0.1) is 0 Å². The Hall–Kier alpha value is -0.970. The molecule has 0 radical (unpaired) electrons. The summed E-state index contributed by atoms with van der Waals surface area (Å²) in [7, 11) is 0. The van der Waals surface area contributed by atoms with Gasteiger partial charge in [-0.2, -0.15) is 4.98 Å². The van der Waals surface area contributed by atoms with E-state index in [4.69, 9.17) is 18.0 Å². The van der Waals surface area contributed by atoms with Gasteiger partial charge in [-0.1, -0.05) is 6.92 Å². The Bertz CT molecular complexity index is 380. The number of aromatic amines is 1. The van der Waals surface area contributed by atoms with Crippen LogP contribution >= 0.6 is 12.2 Å². The molecule has 4 nitrogen and oxygen atoms in total. The minimum atomic E-state index is 0.329. The first kappa shape index (κ1) is 8.62. The Balaban J connectivity index is 2.25. The summed E-state index contributed by atoms with van der Waals surface area (Å²) in [4.78, 5) is 10.9. The Labute approximate surface area is 81.6 Å². The second kappa shape index (κ2) is 2.77. The van der Waals surface area contributed by atoms with Crippen LogP contribution in [0.25, 0.3) is 0 Å². The molecule has 1 aromatic heterocycles. The van der Waals surface area contributed by atoms with Crippen molar-refractivity contribution in [2.24, 2.45) is 5.41 Å². The van der Waals surface area contributed by atoms with E-state index in [-0.39, 0.29) is 0 Å². The number of aromatic nitrogens is 3. The van der Waals surface area contributed by atoms with Gasteiger partial charge in [0.2, 0.25) is 10.7 Å². The molecule has 1 aliphatic rings. The first-order valence-electron chi connectivity index (χ1n) is 4.30. The maximum Gasteiger partial charge on any atom is 0.224 e. The molecule has 1 aromatic rings. The minimum absolute atomic E-state index is 0.329. The lowest BCUT2D eigenvalue weighted by Gasteiger charge is -2.06. The molecule has 1 saturated carbocycles. The van der Waals surface area contributed by atoms with Crippen LogP contribution in [0.15, 0.2) is 0 Å². The molecule has 1 fully saturated rings. The fourth-order valence-corrected chi connectivity index (χ4v) is 1.53. The molecule has 0 saturated heterocycles. The summed E-state index contributed by atoms with van der Waals surface area (Å²) in [5.41, 5.74) is 5.94. The highest BCUT2D eigenvalue weighted by atomic mass is 32.1. The van der Waals surface area contributed by atoms with Crippen LogP contribution < -0.4 is 5.73 Å². The Morgan fingerprint density at radius 1 is 1.54 bits per heavy atom. The van der Waals surface area contributed by atoms with E-state index in [1.54, 1.807) is 0 Å². The van der Waals surface area contributed by atoms with E-state index in [2.05, 4.69) is 21.9 Å². The summed E-state index contributed by atoms with van der Waals surface area (Å²) in [5.74, 6) is 1.22. The number of nitrogens with two attached hydrogens (primary N) is 1. The van der Waals surface area contributed by atoms with Crippen LogP contribution in [-0.2, 0) is 6.42 Å². The van der Waals surface area contributed by atoms with Crippen molar-refractivity contribution in [3.63, 3.8) is 0 Å². The van der Waals surface area contributed by atoms with Crippen LogP contribution in [0.2, 0.25) is 0 Å². The molecule has 0 aliphatic heterocycles. The third kappa shape index (κ3) is 2.03. The standard InChI is InChI=1S/C8H12N4S/c1-8(2-3-8)4-5-10-6(9)12-7(13)11-5/h2-4H2,1H3,(H3,9,10,11,12,13). The van der Waals surface area contributed by atoms with Gasteiger partial charge in [-0.3, -0.25) is 0 Å². The lowest BCUT2D eigenvalue weighted by atomic mass is 10.1. The summed E-state index contributed by atoms with van der Waals surface area (Å²) in [6.45, 7) is 2.24. The molecule has 0 aromatic carbocycles. The van der Waals surface area contributed by atoms with Crippen LogP contribution in [-0.4, -0.2) is 15.0 Å². The summed E-state index contributed by atoms with van der Waals surface area (Å²) in [5, 5.41) is 0. The van der Waals surface area contributed by atoms with E-state index < -0.39 is 0 Å². The van der Waals surface area contributed by atoms with Gasteiger partial charge in [0.15, 0.2) is 0 Å². The lowest BCUT2D eigenvalue weighted by Crippen LogP contribution is -2.07. The number of nitrogens with zero attached hydrogens (tertiary/aromatic N) is 2. The van der Waals surface area contributed by atoms with Gasteiger partial charge in [0.1, 0.15) is 5.82 Å². The average molecular weight is 196 g/mol. The summed E-state index contributed by atoms with van der Waals surface area (Å²) >= 11 is 4.87. The third-order valence-electron chi connectivity index (χ3n) is 2.42. The highest BCUT2D eigenvalue weighted by Gasteiger charge is 2.37. The normalized spacial score (nSPS) is 18.5. The zero-order valence-corrected chi connectivity index (χ0v) is 8.32. The molecule has 0 bridgehead atoms. The van der Waals surface area contributed by atoms with Crippen molar-refractivity contribution in [2.45, 2.75) is 26.2 Å². The van der Waals surface area contributed by atoms with E-state index in [1.807, 2.05) is 0 Å². The van der Waals surface area contributed by atoms with Crippen molar-refractivity contribution in [3.05, 3.63) is 10.6 Å². The van der Waals surface area contributed by atoms with Crippen LogP contribution in [0.4, 0.5) is 5.95 Å². The monoisotopic (exact) mass is 196 g/mol. The fourth-order valence-electron chi connectivity index (χ4n) is 1.33. The Morgan fingerprint density at radius 2 is 2.23 bits per heavy atom. The van der Waals surface area contributed by atoms with Gasteiger partial charge in [-0.25, -0.2) is 4.98 Å². The van der Waals surface area contributed by atoms with Crippen LogP contribution in [0.1, 0.15) is 25.6 Å². The second-order valence-corrected chi connectivity index (χ2v) is 4.32. The fraction of sp³-hybridized carbons (Fsp3) is 0.625. The molecule has 0 spiro atoms. The molecule has 1 heterocycles. The zero-order valence-electron chi connectivity index (χ0n) is 7.50. The van der Waals surface area contributed by atoms with Gasteiger partial charge in [0, 0.05) is 6.42 Å². The van der Waals surface area contributed by atoms with Crippen molar-refractivity contribution >= 4 is 18.2 Å². The first-order valence-corrected chi connectivity index (χ1v) is 4.71. The topological polar surface area (TPSA) is 67.6 Å². The molecule has 2 rings (SSSR count). The largest absolute Gasteiger partial charge is 0.369 e. The van der Waals surface area contributed by atoms with Crippen molar-refractivity contribution in [1.29, 1.82) is 0 Å². The first-order chi connectivity index (χ1) is 6.07. The van der Waals surface area contributed by atoms with Crippen LogP contribution in [0.3, 0.4) is 0 Å². The van der Waals surface area contributed by atoms with E-state index in [0.717, 1.165) is 12.2 Å². The maximum atomic E-state index is 5.53. The van der Waals surface area contributed by atoms with Gasteiger partial charge in [-0.15, -0.1) is 0 Å². The number of H-pyrrole nitrogens is 1. The number of nitrogen functional groups attached to an aromatic ring is 1. The van der Waals surface area contributed by atoms with Crippen molar-refractivity contribution in [2.75, 3.05) is 5.73 Å². The van der Waals surface area contributed by atoms with Crippen molar-refractivity contribution in [1.82, 2.24) is 15.0 Å². The van der Waals surface area contributed by atoms with Gasteiger partial charge in [0.25, 0.3) is 0 Å². The summed E-state index contributed by atoms with van der Waals surface area (Å²) < 4.78 is 0.329. The third-order valence-corrected chi connectivity index (χ3v) is 2.60. The number of anilines is 1. The number of rotatable bonds is 2. The molecule has 13 heavy (non-hydrogen) atoms. The molecular weight excluding hydrogens is 184 g/mol. The molecule has 0 unspecified atom stereocenters. The van der Waals surface area contributed by atoms with Crippen LogP contribution in [0, 0.1) is 10.2 Å². The smallest absolute Gasteiger partial charge is 0.224 e. The predicted molar refractivity (Wildman–Crippen MR) is 52.7 cm³/mol. The molecule has 0 atom stereocenters. The quantitative estimate of drug-likeness (QED) is 0.703. The number of hydrogen-bond donors (Lipinski definition) is 2. The minimum Gasteiger partial charge on any atom is -0.369 e. The van der Waals surface area contributed by atoms with Crippen molar-refractivity contribution in [3.8, 4) is 0 Å². The lowest BCUT2D eigenvalue weighted by molar-refractivity contribution is 0.548. The van der Waals surface area contributed by atoms with E-state index in [1.165, 1.54) is 12.8 Å². The van der Waals surface area contributed by atoms with Crippen LogP contribution in [0.5, 0.6) is 0 Å². The van der Waals surface area contributed by atoms with E-state index in [0.29, 0.717) is 16.1 Å². The second-order valence-electron chi connectivity index (χ2n) is 3.95. The molecule has 5 heteroatoms. The Morgan fingerprint density at radius 3 is 2.77 bits per heavy atom. The molecule has 0 amide bonds. The highest BCUT2D eigenvalue weighted by molar-refractivity contribution is 7.71. The van der Waals surface area contributed by atoms with Gasteiger partial charge < -0.3 is 10.7 Å². The number of nitrogens with one attached hydrogen (secondary N) is 1. The number of hydrogen-bond acceptors (Lipinski definition) is 4. The maximum absolute atomic E-state index is 5.53. The zero-order chi connectivity index (χ0) is 9.47. The van der Waals surface area contributed by atoms with Crippen molar-refractivity contribution < 1.29 is 0 Å². The van der Waals surface area contributed by atoms with E-state index >= 15 is 0 Å². The molecule has 1 aliphatic carbocycles. The molecule has 3 N–H and O–H groups in total. The van der Waals surface area contributed by atoms with E-state index in [9.17, 15) is 0 Å². The summed E-state index contributed by atoms with van der Waals surface area (Å²) in [6, 6.07) is 0. The SMILES string of the molecule is CC1(Cc2nc(=S)nc(N)[nH]2)CC1. The molecular formula is C8H12N4S. The Kier molecular flexibility index (Phi) is 1.83. The predicted octanol–water partition coefficient (Wildman–Crippen LogP) is 1.46. The van der Waals surface area contributed by atoms with Gasteiger partial charge >= 0.3 is 0 Å². The van der Waals surface area contributed by atoms with Gasteiger partial charge in [-0.05, 0) is 30.5 Å². The summed E-state index contributed by atoms with van der Waals surface area (Å²) in [6.07, 6.45) is 3.44. The average Bonchev–Trinajstić information content (AvgIpc) is 2.64.